The van der Waals surface area contributed by atoms with E-state index in [0.29, 0.717) is 0 Å². The summed E-state index contributed by atoms with van der Waals surface area (Å²) >= 11 is 0. The first-order valence-corrected chi connectivity index (χ1v) is 3.25. The highest BCUT2D eigenvalue weighted by atomic mass is 32.3. The van der Waals surface area contributed by atoms with Crippen molar-refractivity contribution >= 4 is 10.2 Å². The number of alkyl halides is 3. The maximum Gasteiger partial charge on any atom is 0.405 e. The van der Waals surface area contributed by atoms with Gasteiger partial charge in [0.05, 0.1) is 0 Å². The molecule has 0 saturated carbocycles. The van der Waals surface area contributed by atoms with Crippen LogP contribution in [-0.2, 0) is 10.2 Å². The number of hydrogen-bond donors (Lipinski definition) is 0. The summed E-state index contributed by atoms with van der Waals surface area (Å²) in [5, 5.41) is 0. The number of halogens is 4. The second kappa shape index (κ2) is 2.13. The average molecular weight is 166 g/mol. The van der Waals surface area contributed by atoms with E-state index in [4.69, 9.17) is 0 Å². The van der Waals surface area contributed by atoms with Gasteiger partial charge in [0.25, 0.3) is 0 Å². The number of rotatable bonds is 1. The van der Waals surface area contributed by atoms with Crippen LogP contribution in [0.1, 0.15) is 0 Å². The highest BCUT2D eigenvalue weighted by Gasteiger charge is 2.34. The van der Waals surface area contributed by atoms with Gasteiger partial charge in [-0.3, -0.25) is 0 Å². The molecule has 2 nitrogen and oxygen atoms in total. The predicted octanol–water partition coefficient (Wildman–Crippen LogP) is 0.848. The molecule has 0 N–H and O–H groups in total. The maximum atomic E-state index is 11.1. The summed E-state index contributed by atoms with van der Waals surface area (Å²) in [5.74, 6) is -2.40. The zero-order valence-electron chi connectivity index (χ0n) is 3.94. The minimum atomic E-state index is -5.41. The molecular weight excluding hydrogens is 164 g/mol. The van der Waals surface area contributed by atoms with E-state index in [1.807, 2.05) is 0 Å². The van der Waals surface area contributed by atoms with E-state index < -0.39 is 22.2 Å². The summed E-state index contributed by atoms with van der Waals surface area (Å²) in [5.41, 5.74) is 0. The molecule has 0 aromatic rings. The Bertz CT molecular complexity index is 177. The summed E-state index contributed by atoms with van der Waals surface area (Å²) in [6.07, 6.45) is -4.98. The molecule has 0 aliphatic carbocycles. The van der Waals surface area contributed by atoms with Crippen LogP contribution >= 0.6 is 0 Å². The van der Waals surface area contributed by atoms with Crippen LogP contribution in [0.4, 0.5) is 17.1 Å². The largest absolute Gasteiger partial charge is 0.405 e. The fourth-order valence-corrected chi connectivity index (χ4v) is 0.586. The third-order valence-corrected chi connectivity index (χ3v) is 1.01. The van der Waals surface area contributed by atoms with Crippen LogP contribution in [0.3, 0.4) is 0 Å². The van der Waals surface area contributed by atoms with Gasteiger partial charge in [0.1, 0.15) is 0 Å². The van der Waals surface area contributed by atoms with Crippen molar-refractivity contribution in [3.63, 3.8) is 0 Å². The standard InChI is InChI=1S/C2H2F4O2S/c3-2(4,5)1-9(6,7)8/h1H2. The van der Waals surface area contributed by atoms with Crippen molar-refractivity contribution in [3.05, 3.63) is 0 Å². The molecule has 0 atom stereocenters. The predicted molar refractivity (Wildman–Crippen MR) is 20.9 cm³/mol. The first-order chi connectivity index (χ1) is 3.71. The zero-order chi connectivity index (χ0) is 7.71. The van der Waals surface area contributed by atoms with Gasteiger partial charge in [0.2, 0.25) is 0 Å². The molecule has 0 bridgehead atoms. The van der Waals surface area contributed by atoms with E-state index in [1.54, 1.807) is 0 Å². The molecule has 0 aliphatic heterocycles. The zero-order valence-corrected chi connectivity index (χ0v) is 4.76. The van der Waals surface area contributed by atoms with Crippen LogP contribution < -0.4 is 0 Å². The van der Waals surface area contributed by atoms with Crippen molar-refractivity contribution in [3.8, 4) is 0 Å². The van der Waals surface area contributed by atoms with Crippen LogP contribution in [0.25, 0.3) is 0 Å². The monoisotopic (exact) mass is 166 g/mol. The topological polar surface area (TPSA) is 34.1 Å². The lowest BCUT2D eigenvalue weighted by Crippen LogP contribution is -2.19. The second-order valence-electron chi connectivity index (χ2n) is 1.30. The van der Waals surface area contributed by atoms with E-state index in [2.05, 4.69) is 0 Å². The molecule has 0 aliphatic rings. The third-order valence-electron chi connectivity index (χ3n) is 0.336. The van der Waals surface area contributed by atoms with Gasteiger partial charge < -0.3 is 0 Å². The van der Waals surface area contributed by atoms with Gasteiger partial charge in [-0.05, 0) is 0 Å². The van der Waals surface area contributed by atoms with E-state index in [0.717, 1.165) is 0 Å². The molecule has 0 spiro atoms. The lowest BCUT2D eigenvalue weighted by atomic mass is 10.8. The average Bonchev–Trinajstić information content (AvgIpc) is 1.14. The van der Waals surface area contributed by atoms with Gasteiger partial charge in [-0.2, -0.15) is 21.6 Å². The maximum absolute atomic E-state index is 11.1. The van der Waals surface area contributed by atoms with Crippen molar-refractivity contribution in [1.82, 2.24) is 0 Å². The second-order valence-corrected chi connectivity index (χ2v) is 2.66. The molecule has 0 heterocycles. The molecule has 0 amide bonds. The van der Waals surface area contributed by atoms with Gasteiger partial charge in [-0.25, -0.2) is 0 Å². The van der Waals surface area contributed by atoms with E-state index in [1.165, 1.54) is 0 Å². The van der Waals surface area contributed by atoms with Crippen molar-refractivity contribution in [2.75, 3.05) is 5.75 Å². The van der Waals surface area contributed by atoms with Crippen LogP contribution in [0, 0.1) is 0 Å². The van der Waals surface area contributed by atoms with Crippen molar-refractivity contribution < 1.29 is 25.5 Å². The van der Waals surface area contributed by atoms with Gasteiger partial charge in [0, 0.05) is 0 Å². The normalized spacial score (nSPS) is 13.8. The summed E-state index contributed by atoms with van der Waals surface area (Å²) in [7, 11) is -5.41. The van der Waals surface area contributed by atoms with Gasteiger partial charge >= 0.3 is 16.4 Å². The van der Waals surface area contributed by atoms with E-state index in [9.17, 15) is 25.5 Å². The summed E-state index contributed by atoms with van der Waals surface area (Å²) in [6, 6.07) is 0. The molecule has 0 rings (SSSR count). The van der Waals surface area contributed by atoms with Gasteiger partial charge in [-0.15, -0.1) is 3.89 Å². The smallest absolute Gasteiger partial charge is 0.194 e. The molecule has 0 radical (unpaired) electrons. The Kier molecular flexibility index (Phi) is 2.05. The van der Waals surface area contributed by atoms with Crippen LogP contribution in [-0.4, -0.2) is 20.3 Å². The molecule has 0 fully saturated rings. The molecule has 0 aromatic heterocycles. The minimum Gasteiger partial charge on any atom is -0.194 e. The highest BCUT2D eigenvalue weighted by molar-refractivity contribution is 7.86. The van der Waals surface area contributed by atoms with Crippen LogP contribution in [0.2, 0.25) is 0 Å². The lowest BCUT2D eigenvalue weighted by Gasteiger charge is -1.99. The Balaban J connectivity index is 4.07. The molecule has 0 unspecified atom stereocenters. The molecule has 0 aromatic carbocycles. The summed E-state index contributed by atoms with van der Waals surface area (Å²) < 4.78 is 62.5. The molecule has 9 heavy (non-hydrogen) atoms. The molecule has 0 saturated heterocycles. The fraction of sp³-hybridized carbons (Fsp3) is 1.00. The van der Waals surface area contributed by atoms with Gasteiger partial charge in [0.15, 0.2) is 5.75 Å². The first kappa shape index (κ1) is 8.67. The highest BCUT2D eigenvalue weighted by Crippen LogP contribution is 2.17. The Labute approximate surface area is 48.7 Å². The number of hydrogen-bond acceptors (Lipinski definition) is 2. The van der Waals surface area contributed by atoms with Crippen LogP contribution in [0.15, 0.2) is 0 Å². The lowest BCUT2D eigenvalue weighted by molar-refractivity contribution is -0.106. The van der Waals surface area contributed by atoms with Crippen molar-refractivity contribution in [2.24, 2.45) is 0 Å². The van der Waals surface area contributed by atoms with Crippen LogP contribution in [0.5, 0.6) is 0 Å². The third kappa shape index (κ3) is 7.67. The Morgan fingerprint density at radius 2 is 1.56 bits per heavy atom. The Hall–Kier alpha value is -0.330. The quantitative estimate of drug-likeness (QED) is 0.427. The first-order valence-electron chi connectivity index (χ1n) is 1.70. The van der Waals surface area contributed by atoms with Crippen molar-refractivity contribution in [1.29, 1.82) is 0 Å². The fourth-order valence-electron chi connectivity index (χ4n) is 0.195. The Morgan fingerprint density at radius 1 is 1.22 bits per heavy atom. The van der Waals surface area contributed by atoms with Crippen molar-refractivity contribution in [2.45, 2.75) is 6.18 Å². The van der Waals surface area contributed by atoms with E-state index >= 15 is 0 Å². The summed E-state index contributed by atoms with van der Waals surface area (Å²) in [4.78, 5) is 0. The molecule has 7 heteroatoms. The SMILES string of the molecule is O=S(=O)(F)CC(F)(F)F. The minimum absolute atomic E-state index is 2.40. The molecule has 56 valence electrons. The van der Waals surface area contributed by atoms with E-state index in [-0.39, 0.29) is 0 Å². The Morgan fingerprint density at radius 3 is 1.56 bits per heavy atom. The summed E-state index contributed by atoms with van der Waals surface area (Å²) in [6.45, 7) is 0. The van der Waals surface area contributed by atoms with Gasteiger partial charge in [-0.1, -0.05) is 0 Å². The molecular formula is C2H2F4O2S.